The largest absolute Gasteiger partial charge is 0.324 e. The van der Waals surface area contributed by atoms with Gasteiger partial charge in [-0.1, -0.05) is 48.3 Å². The molecule has 3 aromatic rings. The number of anilines is 2. The van der Waals surface area contributed by atoms with Gasteiger partial charge in [0.25, 0.3) is 0 Å². The molecule has 2 amide bonds. The van der Waals surface area contributed by atoms with Crippen molar-refractivity contribution < 1.29 is 22.4 Å². The van der Waals surface area contributed by atoms with E-state index in [9.17, 15) is 18.0 Å². The number of benzene rings is 3. The number of amides is 2. The van der Waals surface area contributed by atoms with Crippen LogP contribution in [0.2, 0.25) is 10.0 Å². The molecule has 1 spiro atoms. The zero-order valence-electron chi connectivity index (χ0n) is 24.7. The second kappa shape index (κ2) is 11.4. The van der Waals surface area contributed by atoms with Gasteiger partial charge in [0.15, 0.2) is 9.84 Å². The van der Waals surface area contributed by atoms with Gasteiger partial charge in [-0.15, -0.1) is 0 Å². The van der Waals surface area contributed by atoms with Gasteiger partial charge in [0.1, 0.15) is 11.4 Å². The highest BCUT2D eigenvalue weighted by molar-refractivity contribution is 7.90. The number of nitrogens with one attached hydrogen (secondary N) is 1. The smallest absolute Gasteiger partial charge is 0.250 e. The van der Waals surface area contributed by atoms with Gasteiger partial charge >= 0.3 is 0 Å². The molecule has 3 aromatic carbocycles. The number of hydrogen-bond donors (Lipinski definition) is 1. The van der Waals surface area contributed by atoms with Crippen LogP contribution in [-0.4, -0.2) is 50.5 Å². The summed E-state index contributed by atoms with van der Waals surface area (Å²) in [5, 5.41) is 3.54. The molecule has 0 bridgehead atoms. The number of fused-ring (bicyclic) bond motifs is 2. The molecule has 3 aliphatic rings. The quantitative estimate of drug-likeness (QED) is 0.293. The molecule has 11 heteroatoms. The third-order valence-corrected chi connectivity index (χ3v) is 11.3. The molecule has 5 atom stereocenters. The summed E-state index contributed by atoms with van der Waals surface area (Å²) in [6.07, 6.45) is 3.15. The molecule has 1 saturated heterocycles. The van der Waals surface area contributed by atoms with Crippen LogP contribution in [0.3, 0.4) is 0 Å². The monoisotopic (exact) mass is 657 g/mol. The van der Waals surface area contributed by atoms with E-state index in [1.54, 1.807) is 41.3 Å². The zero-order valence-corrected chi connectivity index (χ0v) is 27.0. The summed E-state index contributed by atoms with van der Waals surface area (Å²) in [5.74, 6) is -0.620. The standard InChI is InChI=1S/C33H34Cl2FN3O4S/c1-19-15-21(19)18-39-24(13-14-38(20(2)40)23-8-10-25(11-9-23)44(3,42)43)17-28(26-5-4-6-29(35)31(26)36)33(39)27-12-7-22(34)16-30(27)37-32(33)41/h4-12,16,19,21,24,28H,13-15,17-18H2,1-3H3,(H,37,41)/t19?,21?,24?,28-,33+/m1/s1. The van der Waals surface area contributed by atoms with Crippen molar-refractivity contribution in [1.82, 2.24) is 4.90 Å². The van der Waals surface area contributed by atoms with Crippen LogP contribution in [0.15, 0.2) is 65.6 Å². The van der Waals surface area contributed by atoms with E-state index in [1.165, 1.54) is 25.1 Å². The summed E-state index contributed by atoms with van der Waals surface area (Å²) in [4.78, 5) is 31.2. The Morgan fingerprint density at radius 1 is 1.11 bits per heavy atom. The maximum absolute atomic E-state index is 15.8. The van der Waals surface area contributed by atoms with E-state index in [2.05, 4.69) is 17.1 Å². The molecule has 44 heavy (non-hydrogen) atoms. The SMILES string of the molecule is CC(=O)N(CCC1C[C@H](c2cccc(Cl)c2F)[C@@]2(C(=O)Nc3cc(Cl)ccc32)N1CC1CC1C)c1ccc(S(C)(=O)=O)cc1. The maximum Gasteiger partial charge on any atom is 0.250 e. The second-order valence-corrected chi connectivity index (χ2v) is 15.2. The lowest BCUT2D eigenvalue weighted by molar-refractivity contribution is -0.128. The molecule has 2 heterocycles. The van der Waals surface area contributed by atoms with Crippen molar-refractivity contribution in [1.29, 1.82) is 0 Å². The van der Waals surface area contributed by atoms with Crippen molar-refractivity contribution in [2.45, 2.75) is 55.5 Å². The lowest BCUT2D eigenvalue weighted by Crippen LogP contribution is -2.53. The molecule has 3 unspecified atom stereocenters. The first-order chi connectivity index (χ1) is 20.8. The van der Waals surface area contributed by atoms with E-state index >= 15 is 4.39 Å². The van der Waals surface area contributed by atoms with Crippen molar-refractivity contribution in [3.63, 3.8) is 0 Å². The summed E-state index contributed by atoms with van der Waals surface area (Å²) in [6, 6.07) is 16.3. The van der Waals surface area contributed by atoms with Crippen LogP contribution >= 0.6 is 23.2 Å². The van der Waals surface area contributed by atoms with E-state index in [0.29, 0.717) is 59.7 Å². The van der Waals surface area contributed by atoms with Gasteiger partial charge in [-0.25, -0.2) is 12.8 Å². The normalized spacial score (nSPS) is 26.1. The molecule has 2 fully saturated rings. The minimum atomic E-state index is -3.39. The minimum absolute atomic E-state index is 0.00139. The van der Waals surface area contributed by atoms with Crippen molar-refractivity contribution in [2.24, 2.45) is 11.8 Å². The predicted molar refractivity (Wildman–Crippen MR) is 170 cm³/mol. The highest BCUT2D eigenvalue weighted by atomic mass is 35.5. The van der Waals surface area contributed by atoms with Gasteiger partial charge in [0.05, 0.1) is 9.92 Å². The van der Waals surface area contributed by atoms with Crippen LogP contribution in [0.1, 0.15) is 50.2 Å². The van der Waals surface area contributed by atoms with Gasteiger partial charge in [-0.05, 0) is 79.1 Å². The third-order valence-electron chi connectivity index (χ3n) is 9.60. The predicted octanol–water partition coefficient (Wildman–Crippen LogP) is 6.64. The Hall–Kier alpha value is -2.98. The average Bonchev–Trinajstić information content (AvgIpc) is 3.46. The summed E-state index contributed by atoms with van der Waals surface area (Å²) in [5.41, 5.74) is 1.13. The van der Waals surface area contributed by atoms with Crippen LogP contribution in [0.5, 0.6) is 0 Å². The summed E-state index contributed by atoms with van der Waals surface area (Å²) < 4.78 is 39.8. The molecule has 0 radical (unpaired) electrons. The zero-order chi connectivity index (χ0) is 31.6. The topological polar surface area (TPSA) is 86.8 Å². The number of carbonyl (C=O) groups is 2. The lowest BCUT2D eigenvalue weighted by Gasteiger charge is -2.40. The molecular formula is C33H34Cl2FN3O4S. The Labute approximate surface area is 267 Å². The van der Waals surface area contributed by atoms with Gasteiger partial charge in [0.2, 0.25) is 11.8 Å². The first kappa shape index (κ1) is 31.0. The molecule has 6 rings (SSSR count). The van der Waals surface area contributed by atoms with Crippen LogP contribution in [0.25, 0.3) is 0 Å². The summed E-state index contributed by atoms with van der Waals surface area (Å²) in [7, 11) is -3.39. The van der Waals surface area contributed by atoms with E-state index in [4.69, 9.17) is 23.2 Å². The highest BCUT2D eigenvalue weighted by Crippen LogP contribution is 2.59. The number of likely N-dealkylation sites (tertiary alicyclic amines) is 1. The van der Waals surface area contributed by atoms with E-state index in [-0.39, 0.29) is 27.8 Å². The first-order valence-electron chi connectivity index (χ1n) is 14.7. The van der Waals surface area contributed by atoms with E-state index < -0.39 is 27.1 Å². The van der Waals surface area contributed by atoms with Crippen LogP contribution in [0.4, 0.5) is 15.8 Å². The number of hydrogen-bond acceptors (Lipinski definition) is 5. The van der Waals surface area contributed by atoms with Gasteiger partial charge < -0.3 is 10.2 Å². The van der Waals surface area contributed by atoms with Gasteiger partial charge in [0, 0.05) is 60.2 Å². The Balaban J connectivity index is 1.42. The average molecular weight is 659 g/mol. The Bertz CT molecular complexity index is 1750. The fraction of sp³-hybridized carbons (Fsp3) is 0.394. The number of halogens is 3. The van der Waals surface area contributed by atoms with Crippen LogP contribution < -0.4 is 10.2 Å². The summed E-state index contributed by atoms with van der Waals surface area (Å²) in [6.45, 7) is 4.63. The fourth-order valence-electron chi connectivity index (χ4n) is 7.22. The molecule has 232 valence electrons. The highest BCUT2D eigenvalue weighted by Gasteiger charge is 2.64. The van der Waals surface area contributed by atoms with Gasteiger partial charge in [-0.2, -0.15) is 0 Å². The second-order valence-electron chi connectivity index (χ2n) is 12.3. The Morgan fingerprint density at radius 3 is 2.45 bits per heavy atom. The Kier molecular flexibility index (Phi) is 8.06. The van der Waals surface area contributed by atoms with E-state index in [0.717, 1.165) is 18.2 Å². The number of nitrogens with zero attached hydrogens (tertiary/aromatic N) is 2. The summed E-state index contributed by atoms with van der Waals surface area (Å²) >= 11 is 12.6. The molecular weight excluding hydrogens is 624 g/mol. The molecule has 1 saturated carbocycles. The van der Waals surface area contributed by atoms with Crippen molar-refractivity contribution in [2.75, 3.05) is 29.6 Å². The van der Waals surface area contributed by atoms with Crippen LogP contribution in [0, 0.1) is 17.7 Å². The molecule has 7 nitrogen and oxygen atoms in total. The van der Waals surface area contributed by atoms with Crippen molar-refractivity contribution in [3.05, 3.63) is 87.7 Å². The fourth-order valence-corrected chi connectivity index (χ4v) is 8.20. The Morgan fingerprint density at radius 2 is 1.82 bits per heavy atom. The number of rotatable bonds is 8. The molecule has 1 N–H and O–H groups in total. The lowest BCUT2D eigenvalue weighted by atomic mass is 9.75. The molecule has 1 aliphatic carbocycles. The first-order valence-corrected chi connectivity index (χ1v) is 17.4. The molecule has 0 aromatic heterocycles. The number of carbonyl (C=O) groups excluding carboxylic acids is 2. The van der Waals surface area contributed by atoms with Crippen LogP contribution in [-0.2, 0) is 25.0 Å². The number of sulfone groups is 1. The molecule has 2 aliphatic heterocycles. The third kappa shape index (κ3) is 5.31. The van der Waals surface area contributed by atoms with Gasteiger partial charge in [-0.3, -0.25) is 14.5 Å². The van der Waals surface area contributed by atoms with E-state index in [1.807, 2.05) is 6.07 Å². The maximum atomic E-state index is 15.8. The van der Waals surface area contributed by atoms with Crippen molar-refractivity contribution >= 4 is 56.2 Å². The minimum Gasteiger partial charge on any atom is -0.324 e. The van der Waals surface area contributed by atoms with Crippen molar-refractivity contribution in [3.8, 4) is 0 Å².